The molecule has 2 heteroatoms. The predicted octanol–water partition coefficient (Wildman–Crippen LogP) is 2.43. The van der Waals surface area contributed by atoms with Gasteiger partial charge in [-0.25, -0.2) is 0 Å². The average molecular weight is 212 g/mol. The molecule has 0 heterocycles. The first-order valence-corrected chi connectivity index (χ1v) is 5.44. The molecule has 2 nitrogen and oxygen atoms in total. The van der Waals surface area contributed by atoms with Gasteiger partial charge < -0.3 is 5.73 Å². The molecule has 0 radical (unpaired) electrons. The number of rotatable bonds is 4. The fourth-order valence-electron chi connectivity index (χ4n) is 1.60. The van der Waals surface area contributed by atoms with Gasteiger partial charge in [0.25, 0.3) is 0 Å². The van der Waals surface area contributed by atoms with E-state index < -0.39 is 0 Å². The number of benzene rings is 2. The van der Waals surface area contributed by atoms with Gasteiger partial charge in [0.05, 0.1) is 6.17 Å². The van der Waals surface area contributed by atoms with Crippen molar-refractivity contribution in [1.82, 2.24) is 5.32 Å². The van der Waals surface area contributed by atoms with Crippen LogP contribution in [0.3, 0.4) is 0 Å². The van der Waals surface area contributed by atoms with E-state index in [1.54, 1.807) is 0 Å². The molecular formula is C14H16N2. The molecule has 0 amide bonds. The highest BCUT2D eigenvalue weighted by molar-refractivity contribution is 5.19. The molecular weight excluding hydrogens is 196 g/mol. The standard InChI is InChI=1S/C14H16N2/c15-14(13-9-5-2-6-10-13)16-11-12-7-3-1-4-8-12/h1-10,14,16H,11,15H2/t14-/m0/s1. The molecule has 2 rings (SSSR count). The summed E-state index contributed by atoms with van der Waals surface area (Å²) in [7, 11) is 0. The number of nitrogens with one attached hydrogen (secondary N) is 1. The van der Waals surface area contributed by atoms with Crippen molar-refractivity contribution < 1.29 is 0 Å². The Morgan fingerprint density at radius 3 is 2.06 bits per heavy atom. The zero-order valence-electron chi connectivity index (χ0n) is 9.14. The molecule has 0 fully saturated rings. The summed E-state index contributed by atoms with van der Waals surface area (Å²) < 4.78 is 0. The van der Waals surface area contributed by atoms with Crippen LogP contribution < -0.4 is 11.1 Å². The van der Waals surface area contributed by atoms with Gasteiger partial charge in [-0.1, -0.05) is 60.7 Å². The zero-order chi connectivity index (χ0) is 11.2. The van der Waals surface area contributed by atoms with Crippen LogP contribution in [0, 0.1) is 0 Å². The van der Waals surface area contributed by atoms with Gasteiger partial charge in [0.2, 0.25) is 0 Å². The van der Waals surface area contributed by atoms with Gasteiger partial charge >= 0.3 is 0 Å². The van der Waals surface area contributed by atoms with Crippen molar-refractivity contribution in [1.29, 1.82) is 0 Å². The molecule has 0 aliphatic carbocycles. The van der Waals surface area contributed by atoms with Crippen LogP contribution in [0.15, 0.2) is 60.7 Å². The van der Waals surface area contributed by atoms with Crippen LogP contribution in [0.5, 0.6) is 0 Å². The fraction of sp³-hybridized carbons (Fsp3) is 0.143. The highest BCUT2D eigenvalue weighted by Gasteiger charge is 2.03. The molecule has 2 aromatic carbocycles. The first kappa shape index (κ1) is 10.9. The Kier molecular flexibility index (Phi) is 3.70. The van der Waals surface area contributed by atoms with Gasteiger partial charge in [0.15, 0.2) is 0 Å². The summed E-state index contributed by atoms with van der Waals surface area (Å²) in [4.78, 5) is 0. The molecule has 0 aliphatic heterocycles. The van der Waals surface area contributed by atoms with Crippen molar-refractivity contribution in [2.75, 3.05) is 0 Å². The maximum Gasteiger partial charge on any atom is 0.0812 e. The third-order valence-electron chi connectivity index (χ3n) is 2.53. The minimum absolute atomic E-state index is 0.110. The van der Waals surface area contributed by atoms with E-state index in [1.807, 2.05) is 48.5 Å². The van der Waals surface area contributed by atoms with Crippen molar-refractivity contribution in [2.24, 2.45) is 5.73 Å². The quantitative estimate of drug-likeness (QED) is 0.764. The van der Waals surface area contributed by atoms with E-state index in [0.29, 0.717) is 0 Å². The van der Waals surface area contributed by atoms with Gasteiger partial charge in [0, 0.05) is 6.54 Å². The van der Waals surface area contributed by atoms with E-state index in [2.05, 4.69) is 17.4 Å². The Balaban J connectivity index is 1.92. The van der Waals surface area contributed by atoms with Crippen LogP contribution in [0.2, 0.25) is 0 Å². The topological polar surface area (TPSA) is 38.0 Å². The summed E-state index contributed by atoms with van der Waals surface area (Å²) in [5.41, 5.74) is 8.39. The third kappa shape index (κ3) is 2.92. The average Bonchev–Trinajstić information content (AvgIpc) is 2.38. The largest absolute Gasteiger partial charge is 0.312 e. The van der Waals surface area contributed by atoms with Crippen molar-refractivity contribution >= 4 is 0 Å². The van der Waals surface area contributed by atoms with E-state index in [0.717, 1.165) is 12.1 Å². The summed E-state index contributed by atoms with van der Waals surface area (Å²) in [5.74, 6) is 0. The highest BCUT2D eigenvalue weighted by Crippen LogP contribution is 2.07. The van der Waals surface area contributed by atoms with Crippen LogP contribution in [0.1, 0.15) is 17.3 Å². The first-order valence-electron chi connectivity index (χ1n) is 5.44. The van der Waals surface area contributed by atoms with Crippen LogP contribution in [-0.4, -0.2) is 0 Å². The summed E-state index contributed by atoms with van der Waals surface area (Å²) in [6.45, 7) is 0.789. The molecule has 0 saturated carbocycles. The summed E-state index contributed by atoms with van der Waals surface area (Å²) in [5, 5.41) is 3.29. The summed E-state index contributed by atoms with van der Waals surface area (Å²) in [6, 6.07) is 20.3. The second kappa shape index (κ2) is 5.45. The monoisotopic (exact) mass is 212 g/mol. The maximum absolute atomic E-state index is 6.03. The molecule has 2 aromatic rings. The fourth-order valence-corrected chi connectivity index (χ4v) is 1.60. The minimum atomic E-state index is -0.110. The lowest BCUT2D eigenvalue weighted by molar-refractivity contribution is 0.552. The lowest BCUT2D eigenvalue weighted by Crippen LogP contribution is -2.28. The number of hydrogen-bond donors (Lipinski definition) is 2. The van der Waals surface area contributed by atoms with Gasteiger partial charge in [-0.05, 0) is 11.1 Å². The highest BCUT2D eigenvalue weighted by atomic mass is 15.0. The normalized spacial score (nSPS) is 12.3. The number of hydrogen-bond acceptors (Lipinski definition) is 2. The second-order valence-corrected chi connectivity index (χ2v) is 3.75. The Hall–Kier alpha value is -1.64. The smallest absolute Gasteiger partial charge is 0.0812 e. The Morgan fingerprint density at radius 2 is 1.44 bits per heavy atom. The van der Waals surface area contributed by atoms with Gasteiger partial charge in [-0.3, -0.25) is 5.32 Å². The third-order valence-corrected chi connectivity index (χ3v) is 2.53. The second-order valence-electron chi connectivity index (χ2n) is 3.75. The Morgan fingerprint density at radius 1 is 0.875 bits per heavy atom. The van der Waals surface area contributed by atoms with Gasteiger partial charge in [-0.15, -0.1) is 0 Å². The molecule has 82 valence electrons. The molecule has 0 bridgehead atoms. The molecule has 0 saturated heterocycles. The zero-order valence-corrected chi connectivity index (χ0v) is 9.14. The first-order chi connectivity index (χ1) is 7.86. The van der Waals surface area contributed by atoms with Gasteiger partial charge in [0.1, 0.15) is 0 Å². The van der Waals surface area contributed by atoms with Crippen molar-refractivity contribution in [3.63, 3.8) is 0 Å². The van der Waals surface area contributed by atoms with Crippen molar-refractivity contribution in [2.45, 2.75) is 12.7 Å². The summed E-state index contributed by atoms with van der Waals surface area (Å²) >= 11 is 0. The number of nitrogens with two attached hydrogens (primary N) is 1. The van der Waals surface area contributed by atoms with E-state index in [4.69, 9.17) is 5.73 Å². The van der Waals surface area contributed by atoms with Crippen LogP contribution in [0.25, 0.3) is 0 Å². The van der Waals surface area contributed by atoms with E-state index in [1.165, 1.54) is 5.56 Å². The van der Waals surface area contributed by atoms with Crippen molar-refractivity contribution in [3.8, 4) is 0 Å². The Bertz CT molecular complexity index is 411. The molecule has 3 N–H and O–H groups in total. The maximum atomic E-state index is 6.03. The Labute approximate surface area is 96.1 Å². The van der Waals surface area contributed by atoms with Crippen molar-refractivity contribution in [3.05, 3.63) is 71.8 Å². The molecule has 0 spiro atoms. The van der Waals surface area contributed by atoms with E-state index in [9.17, 15) is 0 Å². The predicted molar refractivity (Wildman–Crippen MR) is 66.7 cm³/mol. The van der Waals surface area contributed by atoms with Crippen LogP contribution in [-0.2, 0) is 6.54 Å². The molecule has 16 heavy (non-hydrogen) atoms. The van der Waals surface area contributed by atoms with E-state index in [-0.39, 0.29) is 6.17 Å². The molecule has 1 atom stereocenters. The summed E-state index contributed by atoms with van der Waals surface area (Å²) in [6.07, 6.45) is -0.110. The molecule has 0 aliphatic rings. The molecule has 0 unspecified atom stereocenters. The van der Waals surface area contributed by atoms with Gasteiger partial charge in [-0.2, -0.15) is 0 Å². The van der Waals surface area contributed by atoms with Crippen LogP contribution in [0.4, 0.5) is 0 Å². The van der Waals surface area contributed by atoms with Crippen LogP contribution >= 0.6 is 0 Å². The SMILES string of the molecule is N[C@@H](NCc1ccccc1)c1ccccc1. The van der Waals surface area contributed by atoms with E-state index >= 15 is 0 Å². The minimum Gasteiger partial charge on any atom is -0.312 e. The lowest BCUT2D eigenvalue weighted by atomic mass is 10.1. The lowest BCUT2D eigenvalue weighted by Gasteiger charge is -2.14. The molecule has 0 aromatic heterocycles.